The highest BCUT2D eigenvalue weighted by molar-refractivity contribution is 6.02. The number of ether oxygens (including phenoxy) is 1. The van der Waals surface area contributed by atoms with Crippen molar-refractivity contribution in [3.05, 3.63) is 82.4 Å². The summed E-state index contributed by atoms with van der Waals surface area (Å²) in [6, 6.07) is 8.91. The summed E-state index contributed by atoms with van der Waals surface area (Å²) in [5.74, 6) is -0.133. The normalized spacial score (nSPS) is 19.1. The van der Waals surface area contributed by atoms with Gasteiger partial charge in [0.15, 0.2) is 23.6 Å². The van der Waals surface area contributed by atoms with Crippen LogP contribution in [0.5, 0.6) is 5.75 Å². The molecular weight excluding hydrogens is 450 g/mol. The number of fused-ring (bicyclic) bond motifs is 1. The van der Waals surface area contributed by atoms with Gasteiger partial charge in [-0.2, -0.15) is 0 Å². The molecule has 2 aliphatic heterocycles. The molecule has 1 saturated heterocycles. The van der Waals surface area contributed by atoms with E-state index in [9.17, 15) is 8.78 Å². The number of benzene rings is 2. The number of rotatable bonds is 4. The topological polar surface area (TPSA) is 51.9 Å². The van der Waals surface area contributed by atoms with Crippen LogP contribution in [0.25, 0.3) is 11.8 Å². The molecule has 1 fully saturated rings. The number of nitrogens with zero attached hydrogens (tertiary/aromatic N) is 4. The van der Waals surface area contributed by atoms with Gasteiger partial charge in [-0.25, -0.2) is 13.8 Å². The Morgan fingerprint density at radius 3 is 2.74 bits per heavy atom. The van der Waals surface area contributed by atoms with Gasteiger partial charge in [0.05, 0.1) is 24.8 Å². The minimum atomic E-state index is -0.859. The van der Waals surface area contributed by atoms with E-state index in [-0.39, 0.29) is 5.56 Å². The molecular formula is C27H28F2N4O2. The second-order valence-corrected chi connectivity index (χ2v) is 9.05. The minimum absolute atomic E-state index is 0.266. The third-order valence-corrected chi connectivity index (χ3v) is 6.53. The predicted octanol–water partition coefficient (Wildman–Crippen LogP) is 5.73. The van der Waals surface area contributed by atoms with Crippen molar-refractivity contribution in [2.75, 3.05) is 20.2 Å². The van der Waals surface area contributed by atoms with Crippen LogP contribution in [0, 0.1) is 25.5 Å². The molecule has 0 amide bonds. The molecule has 2 aliphatic rings. The van der Waals surface area contributed by atoms with Crippen LogP contribution in [0.15, 0.2) is 53.6 Å². The van der Waals surface area contributed by atoms with E-state index in [0.717, 1.165) is 60.0 Å². The lowest BCUT2D eigenvalue weighted by molar-refractivity contribution is 0.0573. The summed E-state index contributed by atoms with van der Waals surface area (Å²) in [4.78, 5) is 12.4. The van der Waals surface area contributed by atoms with Crippen molar-refractivity contribution >= 4 is 11.9 Å². The first-order valence-corrected chi connectivity index (χ1v) is 11.8. The first-order valence-electron chi connectivity index (χ1n) is 11.8. The summed E-state index contributed by atoms with van der Waals surface area (Å²) >= 11 is 0. The number of piperidine rings is 1. The second kappa shape index (κ2) is 9.52. The van der Waals surface area contributed by atoms with Gasteiger partial charge in [0.2, 0.25) is 0 Å². The van der Waals surface area contributed by atoms with Gasteiger partial charge in [-0.05, 0) is 79.3 Å². The van der Waals surface area contributed by atoms with Crippen molar-refractivity contribution in [3.63, 3.8) is 0 Å². The van der Waals surface area contributed by atoms with Crippen LogP contribution in [0.3, 0.4) is 0 Å². The largest absolute Gasteiger partial charge is 0.495 e. The van der Waals surface area contributed by atoms with E-state index in [1.807, 2.05) is 35.9 Å². The number of hydrogen-bond acceptors (Lipinski definition) is 5. The molecule has 3 heterocycles. The lowest BCUT2D eigenvalue weighted by Crippen LogP contribution is -2.37. The summed E-state index contributed by atoms with van der Waals surface area (Å²) in [5, 5.41) is 4.49. The quantitative estimate of drug-likeness (QED) is 0.481. The highest BCUT2D eigenvalue weighted by Crippen LogP contribution is 2.32. The fraction of sp³-hybridized carbons (Fsp3) is 0.333. The van der Waals surface area contributed by atoms with Crippen molar-refractivity contribution in [2.24, 2.45) is 5.16 Å². The highest BCUT2D eigenvalue weighted by atomic mass is 19.2. The molecule has 1 atom stereocenters. The fourth-order valence-corrected chi connectivity index (χ4v) is 4.71. The van der Waals surface area contributed by atoms with Crippen LogP contribution in [-0.4, -0.2) is 40.5 Å². The van der Waals surface area contributed by atoms with Gasteiger partial charge in [0, 0.05) is 25.7 Å². The summed E-state index contributed by atoms with van der Waals surface area (Å²) < 4.78 is 35.4. The maximum Gasteiger partial charge on any atom is 0.171 e. The Balaban J connectivity index is 1.43. The predicted molar refractivity (Wildman–Crippen MR) is 131 cm³/mol. The van der Waals surface area contributed by atoms with E-state index in [0.29, 0.717) is 12.0 Å². The van der Waals surface area contributed by atoms with E-state index in [2.05, 4.69) is 21.1 Å². The zero-order valence-electron chi connectivity index (χ0n) is 20.1. The Labute approximate surface area is 203 Å². The maximum atomic E-state index is 14.0. The molecule has 182 valence electrons. The average Bonchev–Trinajstić information content (AvgIpc) is 3.16. The third kappa shape index (κ3) is 4.65. The van der Waals surface area contributed by atoms with Crippen molar-refractivity contribution in [3.8, 4) is 11.4 Å². The fourth-order valence-electron chi connectivity index (χ4n) is 4.71. The average molecular weight is 479 g/mol. The maximum absolute atomic E-state index is 14.0. The molecule has 8 heteroatoms. The van der Waals surface area contributed by atoms with Crippen molar-refractivity contribution in [1.82, 2.24) is 14.5 Å². The summed E-state index contributed by atoms with van der Waals surface area (Å²) in [6.45, 7) is 5.11. The first kappa shape index (κ1) is 23.1. The Hall–Kier alpha value is -3.68. The van der Waals surface area contributed by atoms with Crippen LogP contribution in [0.2, 0.25) is 0 Å². The number of halogens is 2. The summed E-state index contributed by atoms with van der Waals surface area (Å²) in [5.41, 5.74) is 4.79. The summed E-state index contributed by atoms with van der Waals surface area (Å²) in [6.07, 6.45) is 7.92. The standard InChI is InChI=1S/C27H28F2N4O2/c1-17-11-21(14-22(28)26(17)29)24-8-10-32-9-4-5-20(27(32)31-35-24)12-19-6-7-23(25(13-19)34-3)33-15-18(2)30-16-33/h6-7,11-16,24H,4-5,8-10H2,1-3H3/b20-12+/t24-/m0/s1. The van der Waals surface area contributed by atoms with Gasteiger partial charge in [0.25, 0.3) is 0 Å². The van der Waals surface area contributed by atoms with Gasteiger partial charge < -0.3 is 19.0 Å². The van der Waals surface area contributed by atoms with E-state index < -0.39 is 17.7 Å². The zero-order chi connectivity index (χ0) is 24.5. The molecule has 1 aromatic heterocycles. The molecule has 0 saturated carbocycles. The molecule has 0 unspecified atom stereocenters. The van der Waals surface area contributed by atoms with Crippen molar-refractivity contribution in [1.29, 1.82) is 0 Å². The number of amidine groups is 1. The molecule has 35 heavy (non-hydrogen) atoms. The van der Waals surface area contributed by atoms with Gasteiger partial charge >= 0.3 is 0 Å². The molecule has 6 nitrogen and oxygen atoms in total. The molecule has 5 rings (SSSR count). The molecule has 0 radical (unpaired) electrons. The van der Waals surface area contributed by atoms with Crippen LogP contribution < -0.4 is 4.74 Å². The molecule has 0 aliphatic carbocycles. The van der Waals surface area contributed by atoms with Crippen molar-refractivity contribution < 1.29 is 18.4 Å². The van der Waals surface area contributed by atoms with E-state index >= 15 is 0 Å². The number of aromatic nitrogens is 2. The van der Waals surface area contributed by atoms with E-state index in [1.165, 1.54) is 6.07 Å². The number of imidazole rings is 1. The summed E-state index contributed by atoms with van der Waals surface area (Å²) in [7, 11) is 1.66. The van der Waals surface area contributed by atoms with Crippen LogP contribution >= 0.6 is 0 Å². The second-order valence-electron chi connectivity index (χ2n) is 9.05. The van der Waals surface area contributed by atoms with Gasteiger partial charge in [-0.1, -0.05) is 11.2 Å². The Kier molecular flexibility index (Phi) is 6.28. The Morgan fingerprint density at radius 1 is 1.14 bits per heavy atom. The molecule has 0 N–H and O–H groups in total. The molecule has 3 aromatic rings. The van der Waals surface area contributed by atoms with E-state index in [4.69, 9.17) is 9.57 Å². The monoisotopic (exact) mass is 478 g/mol. The Morgan fingerprint density at radius 2 is 2.00 bits per heavy atom. The lowest BCUT2D eigenvalue weighted by atomic mass is 9.99. The smallest absolute Gasteiger partial charge is 0.171 e. The van der Waals surface area contributed by atoms with Crippen LogP contribution in [-0.2, 0) is 4.84 Å². The number of aryl methyl sites for hydroxylation is 2. The van der Waals surface area contributed by atoms with Crippen molar-refractivity contribution in [2.45, 2.75) is 39.2 Å². The third-order valence-electron chi connectivity index (χ3n) is 6.53. The minimum Gasteiger partial charge on any atom is -0.495 e. The molecule has 0 spiro atoms. The SMILES string of the molecule is COc1cc(/C=C2\CCCN3CC[C@@H](c4cc(C)c(F)c(F)c4)ON=C23)ccc1-n1cnc(C)c1. The van der Waals surface area contributed by atoms with Gasteiger partial charge in [0.1, 0.15) is 5.75 Å². The highest BCUT2D eigenvalue weighted by Gasteiger charge is 2.28. The lowest BCUT2D eigenvalue weighted by Gasteiger charge is -2.30. The van der Waals surface area contributed by atoms with Gasteiger partial charge in [-0.15, -0.1) is 0 Å². The number of hydrogen-bond donors (Lipinski definition) is 0. The molecule has 0 bridgehead atoms. The molecule has 2 aromatic carbocycles. The van der Waals surface area contributed by atoms with Crippen LogP contribution in [0.1, 0.15) is 47.8 Å². The zero-order valence-corrected chi connectivity index (χ0v) is 20.1. The first-order chi connectivity index (χ1) is 16.9. The van der Waals surface area contributed by atoms with Crippen LogP contribution in [0.4, 0.5) is 8.78 Å². The number of oxime groups is 1. The number of methoxy groups -OCH3 is 1. The Bertz CT molecular complexity index is 1290. The van der Waals surface area contributed by atoms with E-state index in [1.54, 1.807) is 26.4 Å². The van der Waals surface area contributed by atoms with Gasteiger partial charge in [-0.3, -0.25) is 0 Å².